The van der Waals surface area contributed by atoms with Crippen molar-refractivity contribution in [3.63, 3.8) is 0 Å². The van der Waals surface area contributed by atoms with Crippen molar-refractivity contribution in [3.8, 4) is 35.2 Å². The van der Waals surface area contributed by atoms with Crippen molar-refractivity contribution >= 4 is 23.7 Å². The number of para-hydroxylation sites is 2. The Kier molecular flexibility index (Phi) is 17.1. The zero-order chi connectivity index (χ0) is 28.0. The third kappa shape index (κ3) is 15.8. The summed E-state index contributed by atoms with van der Waals surface area (Å²) < 4.78 is 10.6. The minimum atomic E-state index is -0.271. The van der Waals surface area contributed by atoms with Crippen LogP contribution < -0.4 is 9.47 Å². The van der Waals surface area contributed by atoms with E-state index in [1.807, 2.05) is 48.5 Å². The van der Waals surface area contributed by atoms with E-state index in [4.69, 9.17) is 9.47 Å². The average Bonchev–Trinajstić information content (AvgIpc) is 2.91. The van der Waals surface area contributed by atoms with Gasteiger partial charge in [-0.25, -0.2) is 0 Å². The summed E-state index contributed by atoms with van der Waals surface area (Å²) in [6.45, 7) is 2.88. The number of aryl methyl sites for hydroxylation is 2. The first-order valence-electron chi connectivity index (χ1n) is 14.1. The topological polar surface area (TPSA) is 52.6 Å². The van der Waals surface area contributed by atoms with Crippen LogP contribution in [0, 0.1) is 23.7 Å². The number of esters is 2. The van der Waals surface area contributed by atoms with Crippen LogP contribution in [0.25, 0.3) is 0 Å². The molecule has 0 unspecified atom stereocenters. The summed E-state index contributed by atoms with van der Waals surface area (Å²) in [7, 11) is 0. The van der Waals surface area contributed by atoms with E-state index in [1.165, 1.54) is 26.7 Å². The molecule has 0 atom stereocenters. The van der Waals surface area contributed by atoms with E-state index < -0.39 is 0 Å². The molecule has 0 fully saturated rings. The fourth-order valence-corrected chi connectivity index (χ4v) is 4.64. The molecule has 2 aromatic carbocycles. The van der Waals surface area contributed by atoms with Crippen LogP contribution in [-0.2, 0) is 22.4 Å². The molecule has 39 heavy (non-hydrogen) atoms. The van der Waals surface area contributed by atoms with Gasteiger partial charge in [-0.2, -0.15) is 0 Å². The van der Waals surface area contributed by atoms with Crippen LogP contribution in [0.2, 0.25) is 0 Å². The van der Waals surface area contributed by atoms with Crippen molar-refractivity contribution in [3.05, 3.63) is 59.7 Å². The van der Waals surface area contributed by atoms with Gasteiger partial charge < -0.3 is 9.47 Å². The van der Waals surface area contributed by atoms with Crippen LogP contribution >= 0.6 is 11.8 Å². The summed E-state index contributed by atoms with van der Waals surface area (Å²) in [4.78, 5) is 22.4. The van der Waals surface area contributed by atoms with Crippen LogP contribution in [0.4, 0.5) is 0 Å². The molecule has 0 saturated carbocycles. The Bertz CT molecular complexity index is 1040. The van der Waals surface area contributed by atoms with Gasteiger partial charge in [-0.05, 0) is 61.8 Å². The Labute approximate surface area is 239 Å². The number of rotatable bonds is 16. The molecule has 0 heterocycles. The standard InChI is InChI=1S/C34H42O4S/c1-29(35)37-33-25-17-15-23-31(33)21-13-9-5-3-7-11-19-27-39-28-20-12-8-4-6-10-14-22-32-24-16-18-26-34(32)38-30(2)36/h15-18,23-26H,3-10,13-14,21-22,27-28H2,1-2H3. The Morgan fingerprint density at radius 1 is 0.590 bits per heavy atom. The molecule has 0 aromatic heterocycles. The maximum atomic E-state index is 11.2. The second-order valence-electron chi connectivity index (χ2n) is 9.43. The SMILES string of the molecule is CC(=O)Oc1ccccc1CCCCCCC#CCSCC#CCCCCCCc1ccccc1OC(C)=O. The molecule has 5 heteroatoms. The molecule has 0 aliphatic heterocycles. The molecule has 208 valence electrons. The van der Waals surface area contributed by atoms with Crippen LogP contribution in [0.3, 0.4) is 0 Å². The van der Waals surface area contributed by atoms with E-state index in [-0.39, 0.29) is 11.9 Å². The minimum absolute atomic E-state index is 0.271. The van der Waals surface area contributed by atoms with Gasteiger partial charge in [0.15, 0.2) is 0 Å². The number of thioether (sulfide) groups is 1. The predicted molar refractivity (Wildman–Crippen MR) is 162 cm³/mol. The van der Waals surface area contributed by atoms with E-state index in [0.29, 0.717) is 11.5 Å². The summed E-state index contributed by atoms with van der Waals surface area (Å²) in [5, 5.41) is 0. The highest BCUT2D eigenvalue weighted by Gasteiger charge is 2.06. The number of hydrogen-bond donors (Lipinski definition) is 0. The lowest BCUT2D eigenvalue weighted by Gasteiger charge is -2.08. The fourth-order valence-electron chi connectivity index (χ4n) is 4.13. The van der Waals surface area contributed by atoms with E-state index >= 15 is 0 Å². The highest BCUT2D eigenvalue weighted by atomic mass is 32.2. The van der Waals surface area contributed by atoms with Gasteiger partial charge >= 0.3 is 11.9 Å². The summed E-state index contributed by atoms with van der Waals surface area (Å²) in [5.41, 5.74) is 2.20. The smallest absolute Gasteiger partial charge is 0.308 e. The van der Waals surface area contributed by atoms with Gasteiger partial charge in [0.05, 0.1) is 11.5 Å². The van der Waals surface area contributed by atoms with Crippen LogP contribution in [0.1, 0.15) is 89.2 Å². The lowest BCUT2D eigenvalue weighted by molar-refractivity contribution is -0.132. The molecule has 0 bridgehead atoms. The van der Waals surface area contributed by atoms with Crippen molar-refractivity contribution in [2.24, 2.45) is 0 Å². The third-order valence-electron chi connectivity index (χ3n) is 6.05. The largest absolute Gasteiger partial charge is 0.426 e. The highest BCUT2D eigenvalue weighted by molar-refractivity contribution is 7.99. The van der Waals surface area contributed by atoms with Crippen molar-refractivity contribution in [2.45, 2.75) is 90.9 Å². The molecule has 0 aliphatic rings. The van der Waals surface area contributed by atoms with Crippen molar-refractivity contribution < 1.29 is 19.1 Å². The number of carbonyl (C=O) groups excluding carboxylic acids is 2. The Morgan fingerprint density at radius 2 is 1.00 bits per heavy atom. The van der Waals surface area contributed by atoms with Gasteiger partial charge in [0.25, 0.3) is 0 Å². The fraction of sp³-hybridized carbons (Fsp3) is 0.471. The molecule has 2 rings (SSSR count). The van der Waals surface area contributed by atoms with Crippen LogP contribution in [0.15, 0.2) is 48.5 Å². The quantitative estimate of drug-likeness (QED) is 0.0925. The van der Waals surface area contributed by atoms with E-state index in [0.717, 1.165) is 86.8 Å². The van der Waals surface area contributed by atoms with Crippen LogP contribution in [0.5, 0.6) is 11.5 Å². The number of ether oxygens (including phenoxy) is 2. The highest BCUT2D eigenvalue weighted by Crippen LogP contribution is 2.22. The summed E-state index contributed by atoms with van der Waals surface area (Å²) >= 11 is 1.78. The summed E-state index contributed by atoms with van der Waals surface area (Å²) in [5.74, 6) is 15.6. The first kappa shape index (κ1) is 32.1. The molecule has 0 aliphatic carbocycles. The van der Waals surface area contributed by atoms with Crippen molar-refractivity contribution in [2.75, 3.05) is 11.5 Å². The lowest BCUT2D eigenvalue weighted by Crippen LogP contribution is -2.03. The molecule has 4 nitrogen and oxygen atoms in total. The molecule has 0 N–H and O–H groups in total. The Balaban J connectivity index is 1.41. The first-order valence-corrected chi connectivity index (χ1v) is 15.2. The minimum Gasteiger partial charge on any atom is -0.426 e. The maximum Gasteiger partial charge on any atom is 0.308 e. The number of hydrogen-bond acceptors (Lipinski definition) is 5. The van der Waals surface area contributed by atoms with Crippen molar-refractivity contribution in [1.29, 1.82) is 0 Å². The van der Waals surface area contributed by atoms with Crippen molar-refractivity contribution in [1.82, 2.24) is 0 Å². The second kappa shape index (κ2) is 20.8. The Hall–Kier alpha value is -3.15. The number of carbonyl (C=O) groups is 2. The maximum absolute atomic E-state index is 11.2. The number of unbranched alkanes of at least 4 members (excludes halogenated alkanes) is 8. The molecule has 2 aromatic rings. The van der Waals surface area contributed by atoms with Gasteiger partial charge in [-0.3, -0.25) is 9.59 Å². The number of benzene rings is 2. The molecule has 0 saturated heterocycles. The van der Waals surface area contributed by atoms with E-state index in [2.05, 4.69) is 23.7 Å². The summed E-state index contributed by atoms with van der Waals surface area (Å²) in [6.07, 6.45) is 12.9. The second-order valence-corrected chi connectivity index (χ2v) is 10.4. The molecule has 0 radical (unpaired) electrons. The zero-order valence-electron chi connectivity index (χ0n) is 23.6. The van der Waals surface area contributed by atoms with Gasteiger partial charge in [0.1, 0.15) is 11.5 Å². The van der Waals surface area contributed by atoms with Gasteiger partial charge in [-0.15, -0.1) is 23.6 Å². The predicted octanol–water partition coefficient (Wildman–Crippen LogP) is 7.96. The van der Waals surface area contributed by atoms with E-state index in [1.54, 1.807) is 11.8 Å². The molecular formula is C34H42O4S. The van der Waals surface area contributed by atoms with Gasteiger partial charge in [0, 0.05) is 26.7 Å². The normalized spacial score (nSPS) is 10.1. The third-order valence-corrected chi connectivity index (χ3v) is 6.74. The van der Waals surface area contributed by atoms with Crippen LogP contribution in [-0.4, -0.2) is 23.4 Å². The lowest BCUT2D eigenvalue weighted by atomic mass is 10.0. The zero-order valence-corrected chi connectivity index (χ0v) is 24.4. The monoisotopic (exact) mass is 546 g/mol. The van der Waals surface area contributed by atoms with Gasteiger partial charge in [0.2, 0.25) is 0 Å². The molecule has 0 spiro atoms. The molecule has 0 amide bonds. The summed E-state index contributed by atoms with van der Waals surface area (Å²) in [6, 6.07) is 15.6. The first-order chi connectivity index (χ1) is 19.1. The van der Waals surface area contributed by atoms with E-state index in [9.17, 15) is 9.59 Å². The molecular weight excluding hydrogens is 504 g/mol. The van der Waals surface area contributed by atoms with Gasteiger partial charge in [-0.1, -0.05) is 73.9 Å². The Morgan fingerprint density at radius 3 is 1.44 bits per heavy atom. The average molecular weight is 547 g/mol.